The van der Waals surface area contributed by atoms with Crippen molar-refractivity contribution in [3.8, 4) is 0 Å². The molecule has 1 amide bonds. The van der Waals surface area contributed by atoms with E-state index in [4.69, 9.17) is 11.5 Å². The van der Waals surface area contributed by atoms with Gasteiger partial charge in [-0.15, -0.1) is 0 Å². The van der Waals surface area contributed by atoms with Crippen molar-refractivity contribution in [2.24, 2.45) is 11.5 Å². The molecule has 10 heavy (non-hydrogen) atoms. The molecule has 0 saturated heterocycles. The molecule has 0 bridgehead atoms. The number of hydrogen-bond acceptors (Lipinski definition) is 5. The van der Waals surface area contributed by atoms with Gasteiger partial charge in [0.05, 0.1) is 0 Å². The molecule has 58 valence electrons. The topological polar surface area (TPSA) is 107 Å². The Morgan fingerprint density at radius 3 is 2.70 bits per heavy atom. The van der Waals surface area contributed by atoms with Gasteiger partial charge in [0.1, 0.15) is 6.17 Å². The largest absolute Gasteiger partial charge is 0.447 e. The molecule has 0 aliphatic carbocycles. The first-order valence-electron chi connectivity index (χ1n) is 2.52. The van der Waals surface area contributed by atoms with Crippen LogP contribution in [0, 0.1) is 0 Å². The van der Waals surface area contributed by atoms with Crippen LogP contribution in [0.4, 0.5) is 0 Å². The lowest BCUT2D eigenvalue weighted by molar-refractivity contribution is -0.132. The quantitative estimate of drug-likeness (QED) is 0.231. The minimum Gasteiger partial charge on any atom is -0.447 e. The number of rotatable bonds is 4. The first-order valence-corrected chi connectivity index (χ1v) is 2.52. The summed E-state index contributed by atoms with van der Waals surface area (Å²) in [6.45, 7) is 0.00948. The SMILES string of the molecule is NC(N)C(=O)NCOC=O. The van der Waals surface area contributed by atoms with E-state index in [1.165, 1.54) is 0 Å². The smallest absolute Gasteiger partial charge is 0.294 e. The van der Waals surface area contributed by atoms with Crippen LogP contribution >= 0.6 is 0 Å². The molecule has 0 atom stereocenters. The van der Waals surface area contributed by atoms with Crippen molar-refractivity contribution in [1.29, 1.82) is 0 Å². The van der Waals surface area contributed by atoms with E-state index in [-0.39, 0.29) is 13.2 Å². The average Bonchev–Trinajstić information content (AvgIpc) is 1.88. The van der Waals surface area contributed by atoms with Crippen molar-refractivity contribution >= 4 is 12.4 Å². The molecule has 0 radical (unpaired) electrons. The molecule has 0 aromatic rings. The van der Waals surface area contributed by atoms with Crippen LogP contribution in [0.15, 0.2) is 0 Å². The van der Waals surface area contributed by atoms with Crippen molar-refractivity contribution in [1.82, 2.24) is 5.32 Å². The highest BCUT2D eigenvalue weighted by Crippen LogP contribution is 1.66. The van der Waals surface area contributed by atoms with Gasteiger partial charge in [0.2, 0.25) is 0 Å². The molecule has 5 N–H and O–H groups in total. The first-order chi connectivity index (χ1) is 4.68. The van der Waals surface area contributed by atoms with Crippen LogP contribution in [0.25, 0.3) is 0 Å². The number of carbonyl (C=O) groups is 2. The molecule has 0 fully saturated rings. The van der Waals surface area contributed by atoms with Crippen molar-refractivity contribution in [2.45, 2.75) is 6.17 Å². The van der Waals surface area contributed by atoms with Gasteiger partial charge >= 0.3 is 0 Å². The Morgan fingerprint density at radius 1 is 1.70 bits per heavy atom. The second-order valence-electron chi connectivity index (χ2n) is 1.47. The number of hydrogen-bond donors (Lipinski definition) is 3. The Labute approximate surface area is 57.5 Å². The summed E-state index contributed by atoms with van der Waals surface area (Å²) in [4.78, 5) is 20.0. The number of nitrogens with two attached hydrogens (primary N) is 2. The summed E-state index contributed by atoms with van der Waals surface area (Å²) in [5.41, 5.74) is 9.88. The normalized spacial score (nSPS) is 9.10. The second kappa shape index (κ2) is 4.71. The maximum Gasteiger partial charge on any atom is 0.294 e. The van der Waals surface area contributed by atoms with E-state index in [1.54, 1.807) is 0 Å². The molecule has 0 unspecified atom stereocenters. The maximum absolute atomic E-state index is 10.5. The second-order valence-corrected chi connectivity index (χ2v) is 1.47. The summed E-state index contributed by atoms with van der Waals surface area (Å²) in [6, 6.07) is 0. The van der Waals surface area contributed by atoms with E-state index in [2.05, 4.69) is 10.1 Å². The zero-order valence-electron chi connectivity index (χ0n) is 5.24. The molecular weight excluding hydrogens is 138 g/mol. The highest BCUT2D eigenvalue weighted by atomic mass is 16.5. The Morgan fingerprint density at radius 2 is 2.30 bits per heavy atom. The molecule has 0 aliphatic rings. The van der Waals surface area contributed by atoms with Crippen molar-refractivity contribution in [3.05, 3.63) is 0 Å². The van der Waals surface area contributed by atoms with Crippen molar-refractivity contribution in [3.63, 3.8) is 0 Å². The molecule has 0 aromatic carbocycles. The van der Waals surface area contributed by atoms with E-state index in [0.29, 0.717) is 0 Å². The van der Waals surface area contributed by atoms with E-state index < -0.39 is 12.1 Å². The van der Waals surface area contributed by atoms with Gasteiger partial charge in [-0.25, -0.2) is 0 Å². The van der Waals surface area contributed by atoms with E-state index in [1.807, 2.05) is 0 Å². The van der Waals surface area contributed by atoms with Gasteiger partial charge in [0.15, 0.2) is 6.73 Å². The fourth-order valence-corrected chi connectivity index (χ4v) is 0.265. The molecule has 0 aliphatic heterocycles. The van der Waals surface area contributed by atoms with Gasteiger partial charge in [-0.3, -0.25) is 9.59 Å². The highest BCUT2D eigenvalue weighted by Gasteiger charge is 2.04. The highest BCUT2D eigenvalue weighted by molar-refractivity contribution is 5.80. The zero-order valence-corrected chi connectivity index (χ0v) is 5.24. The third-order valence-corrected chi connectivity index (χ3v) is 0.701. The fraction of sp³-hybridized carbons (Fsp3) is 0.500. The fourth-order valence-electron chi connectivity index (χ4n) is 0.265. The van der Waals surface area contributed by atoms with Gasteiger partial charge in [0.25, 0.3) is 12.4 Å². The summed E-state index contributed by atoms with van der Waals surface area (Å²) in [5.74, 6) is -0.568. The van der Waals surface area contributed by atoms with Gasteiger partial charge in [-0.1, -0.05) is 0 Å². The summed E-state index contributed by atoms with van der Waals surface area (Å²) in [5, 5.41) is 2.14. The Kier molecular flexibility index (Phi) is 4.17. The third kappa shape index (κ3) is 3.81. The van der Waals surface area contributed by atoms with Crippen LogP contribution in [0.1, 0.15) is 0 Å². The molecular formula is C4H9N3O3. The zero-order chi connectivity index (χ0) is 7.98. The molecule has 0 rings (SSSR count). The lowest BCUT2D eigenvalue weighted by Gasteiger charge is -2.04. The number of ether oxygens (including phenoxy) is 1. The van der Waals surface area contributed by atoms with Gasteiger partial charge in [-0.05, 0) is 0 Å². The minimum absolute atomic E-state index is 0.201. The van der Waals surface area contributed by atoms with Crippen LogP contribution in [-0.2, 0) is 14.3 Å². The van der Waals surface area contributed by atoms with Gasteiger partial charge in [-0.2, -0.15) is 0 Å². The maximum atomic E-state index is 10.5. The summed E-state index contributed by atoms with van der Waals surface area (Å²) >= 11 is 0. The van der Waals surface area contributed by atoms with Crippen LogP contribution in [0.5, 0.6) is 0 Å². The van der Waals surface area contributed by atoms with Crippen LogP contribution in [0.2, 0.25) is 0 Å². The van der Waals surface area contributed by atoms with E-state index >= 15 is 0 Å². The third-order valence-electron chi connectivity index (χ3n) is 0.701. The van der Waals surface area contributed by atoms with Crippen LogP contribution < -0.4 is 16.8 Å². The predicted molar refractivity (Wildman–Crippen MR) is 32.3 cm³/mol. The van der Waals surface area contributed by atoms with Gasteiger partial charge < -0.3 is 21.5 Å². The molecule has 0 spiro atoms. The lowest BCUT2D eigenvalue weighted by atomic mass is 10.5. The molecule has 0 aromatic heterocycles. The number of nitrogens with one attached hydrogen (secondary N) is 1. The molecule has 6 heteroatoms. The molecule has 0 heterocycles. The minimum atomic E-state index is -1.07. The van der Waals surface area contributed by atoms with Crippen LogP contribution in [-0.4, -0.2) is 25.3 Å². The number of amides is 1. The molecule has 6 nitrogen and oxygen atoms in total. The Balaban J connectivity index is 3.30. The summed E-state index contributed by atoms with van der Waals surface area (Å²) in [6.07, 6.45) is -1.07. The van der Waals surface area contributed by atoms with Crippen molar-refractivity contribution < 1.29 is 14.3 Å². The van der Waals surface area contributed by atoms with Crippen molar-refractivity contribution in [2.75, 3.05) is 6.73 Å². The monoisotopic (exact) mass is 147 g/mol. The lowest BCUT2D eigenvalue weighted by Crippen LogP contribution is -2.47. The first kappa shape index (κ1) is 8.86. The standard InChI is InChI=1S/C4H9N3O3/c5-3(6)4(9)7-1-10-2-8/h2-3H,1,5-6H2,(H,7,9). The number of carbonyl (C=O) groups excluding carboxylic acids is 2. The average molecular weight is 147 g/mol. The summed E-state index contributed by atoms with van der Waals surface area (Å²) < 4.78 is 4.13. The predicted octanol–water partition coefficient (Wildman–Crippen LogP) is -2.52. The van der Waals surface area contributed by atoms with Gasteiger partial charge in [0, 0.05) is 0 Å². The van der Waals surface area contributed by atoms with Crippen LogP contribution in [0.3, 0.4) is 0 Å². The molecule has 0 saturated carbocycles. The Hall–Kier alpha value is -1.14. The van der Waals surface area contributed by atoms with E-state index in [0.717, 1.165) is 0 Å². The van der Waals surface area contributed by atoms with E-state index in [9.17, 15) is 9.59 Å². The Bertz CT molecular complexity index is 125. The summed E-state index contributed by atoms with van der Waals surface area (Å²) in [7, 11) is 0.